The maximum absolute atomic E-state index is 12.4. The van der Waals surface area contributed by atoms with Gasteiger partial charge in [-0.3, -0.25) is 14.4 Å². The number of amides is 2. The Kier molecular flexibility index (Phi) is 7.47. The number of carbonyl (C=O) groups excluding carboxylic acids is 2. The van der Waals surface area contributed by atoms with E-state index in [1.165, 1.54) is 0 Å². The monoisotopic (exact) mass is 398 g/mol. The van der Waals surface area contributed by atoms with Crippen LogP contribution in [0.15, 0.2) is 48.5 Å². The highest BCUT2D eigenvalue weighted by molar-refractivity contribution is 5.96. The van der Waals surface area contributed by atoms with Crippen molar-refractivity contribution in [2.75, 3.05) is 13.7 Å². The van der Waals surface area contributed by atoms with Crippen LogP contribution in [0, 0.1) is 0 Å². The minimum Gasteiger partial charge on any atom is -0.493 e. The van der Waals surface area contributed by atoms with Crippen LogP contribution < -0.4 is 20.3 Å². The minimum atomic E-state index is -0.440. The molecule has 1 aliphatic carbocycles. The average Bonchev–Trinajstić information content (AvgIpc) is 3.26. The van der Waals surface area contributed by atoms with E-state index in [4.69, 9.17) is 14.3 Å². The summed E-state index contributed by atoms with van der Waals surface area (Å²) in [4.78, 5) is 29.4. The maximum Gasteiger partial charge on any atom is 0.262 e. The number of ether oxygens (including phenoxy) is 2. The van der Waals surface area contributed by atoms with Crippen LogP contribution in [-0.4, -0.2) is 31.6 Å². The SMILES string of the molecule is COc1ccc(C(=O)NCC(=O)NOCc2ccccc2)cc1OC1CCCC1. The lowest BCUT2D eigenvalue weighted by molar-refractivity contribution is -0.133. The molecule has 0 saturated heterocycles. The largest absolute Gasteiger partial charge is 0.493 e. The number of carbonyl (C=O) groups is 2. The van der Waals surface area contributed by atoms with Gasteiger partial charge in [0.1, 0.15) is 0 Å². The van der Waals surface area contributed by atoms with Gasteiger partial charge in [0.25, 0.3) is 11.8 Å². The Hall–Kier alpha value is -3.06. The second kappa shape index (κ2) is 10.5. The van der Waals surface area contributed by atoms with E-state index < -0.39 is 5.91 Å². The Morgan fingerprint density at radius 2 is 1.79 bits per heavy atom. The van der Waals surface area contributed by atoms with Gasteiger partial charge in [0.05, 0.1) is 26.4 Å². The standard InChI is InChI=1S/C22H26N2O5/c1-27-19-12-11-17(13-20(19)29-18-9-5-6-10-18)22(26)23-14-21(25)24-28-15-16-7-3-2-4-8-16/h2-4,7-8,11-13,18H,5-6,9-10,14-15H2,1H3,(H,23,26)(H,24,25). The molecule has 0 radical (unpaired) electrons. The van der Waals surface area contributed by atoms with E-state index in [1.807, 2.05) is 30.3 Å². The number of methoxy groups -OCH3 is 1. The minimum absolute atomic E-state index is 0.148. The van der Waals surface area contributed by atoms with Crippen molar-refractivity contribution in [3.05, 3.63) is 59.7 Å². The van der Waals surface area contributed by atoms with Gasteiger partial charge in [-0.15, -0.1) is 0 Å². The van der Waals surface area contributed by atoms with Crippen LogP contribution in [-0.2, 0) is 16.2 Å². The Bertz CT molecular complexity index is 819. The Morgan fingerprint density at radius 1 is 1.03 bits per heavy atom. The zero-order chi connectivity index (χ0) is 20.5. The van der Waals surface area contributed by atoms with E-state index in [2.05, 4.69) is 10.8 Å². The number of hydrogen-bond acceptors (Lipinski definition) is 5. The third-order valence-corrected chi connectivity index (χ3v) is 4.70. The molecule has 2 amide bonds. The number of hydrogen-bond donors (Lipinski definition) is 2. The molecular weight excluding hydrogens is 372 g/mol. The molecule has 2 N–H and O–H groups in total. The highest BCUT2D eigenvalue weighted by atomic mass is 16.6. The molecule has 0 atom stereocenters. The lowest BCUT2D eigenvalue weighted by Crippen LogP contribution is -2.36. The molecule has 1 fully saturated rings. The van der Waals surface area contributed by atoms with Crippen molar-refractivity contribution in [3.63, 3.8) is 0 Å². The van der Waals surface area contributed by atoms with E-state index in [1.54, 1.807) is 25.3 Å². The van der Waals surface area contributed by atoms with Crippen molar-refractivity contribution < 1.29 is 23.9 Å². The zero-order valence-electron chi connectivity index (χ0n) is 16.5. The first-order valence-electron chi connectivity index (χ1n) is 9.73. The lowest BCUT2D eigenvalue weighted by atomic mass is 10.2. The van der Waals surface area contributed by atoms with Crippen LogP contribution in [0.5, 0.6) is 11.5 Å². The van der Waals surface area contributed by atoms with Gasteiger partial charge in [0.2, 0.25) is 0 Å². The van der Waals surface area contributed by atoms with Gasteiger partial charge in [-0.05, 0) is 49.4 Å². The van der Waals surface area contributed by atoms with Crippen LogP contribution in [0.4, 0.5) is 0 Å². The molecule has 3 rings (SSSR count). The Morgan fingerprint density at radius 3 is 2.52 bits per heavy atom. The number of nitrogens with one attached hydrogen (secondary N) is 2. The summed E-state index contributed by atoms with van der Waals surface area (Å²) in [6, 6.07) is 14.4. The second-order valence-electron chi connectivity index (χ2n) is 6.87. The van der Waals surface area contributed by atoms with E-state index in [0.29, 0.717) is 17.1 Å². The van der Waals surface area contributed by atoms with Crippen molar-refractivity contribution >= 4 is 11.8 Å². The van der Waals surface area contributed by atoms with E-state index >= 15 is 0 Å². The number of benzene rings is 2. The molecule has 0 unspecified atom stereocenters. The zero-order valence-corrected chi connectivity index (χ0v) is 16.5. The average molecular weight is 398 g/mol. The van der Waals surface area contributed by atoms with Gasteiger partial charge in [-0.2, -0.15) is 0 Å². The summed E-state index contributed by atoms with van der Waals surface area (Å²) < 4.78 is 11.3. The molecule has 0 heterocycles. The molecule has 0 aliphatic heterocycles. The van der Waals surface area contributed by atoms with Gasteiger partial charge in [-0.1, -0.05) is 30.3 Å². The van der Waals surface area contributed by atoms with E-state index in [9.17, 15) is 9.59 Å². The first-order chi connectivity index (χ1) is 14.2. The van der Waals surface area contributed by atoms with Crippen LogP contribution in [0.3, 0.4) is 0 Å². The molecule has 0 aromatic heterocycles. The lowest BCUT2D eigenvalue weighted by Gasteiger charge is -2.16. The summed E-state index contributed by atoms with van der Waals surface area (Å²) in [5, 5.41) is 2.58. The molecule has 0 bridgehead atoms. The van der Waals surface area contributed by atoms with Crippen molar-refractivity contribution in [1.82, 2.24) is 10.8 Å². The Balaban J connectivity index is 1.48. The fourth-order valence-electron chi connectivity index (χ4n) is 3.17. The summed E-state index contributed by atoms with van der Waals surface area (Å²) in [5.74, 6) is 0.315. The van der Waals surface area contributed by atoms with Crippen LogP contribution in [0.25, 0.3) is 0 Å². The van der Waals surface area contributed by atoms with Crippen molar-refractivity contribution in [2.45, 2.75) is 38.4 Å². The van der Waals surface area contributed by atoms with Crippen molar-refractivity contribution in [1.29, 1.82) is 0 Å². The first kappa shape index (κ1) is 20.7. The molecule has 0 spiro atoms. The summed E-state index contributed by atoms with van der Waals surface area (Å²) in [6.45, 7) is 0.0549. The molecule has 154 valence electrons. The maximum atomic E-state index is 12.4. The molecule has 1 saturated carbocycles. The van der Waals surface area contributed by atoms with Gasteiger partial charge in [-0.25, -0.2) is 5.48 Å². The topological polar surface area (TPSA) is 85.9 Å². The first-order valence-corrected chi connectivity index (χ1v) is 9.73. The third-order valence-electron chi connectivity index (χ3n) is 4.70. The summed E-state index contributed by atoms with van der Waals surface area (Å²) >= 11 is 0. The fourth-order valence-corrected chi connectivity index (χ4v) is 3.17. The molecule has 2 aromatic rings. The highest BCUT2D eigenvalue weighted by Crippen LogP contribution is 2.32. The quantitative estimate of drug-likeness (QED) is 0.634. The van der Waals surface area contributed by atoms with Crippen LogP contribution in [0.1, 0.15) is 41.6 Å². The molecular formula is C22H26N2O5. The number of hydroxylamine groups is 1. The normalized spacial score (nSPS) is 13.7. The molecule has 2 aromatic carbocycles. The van der Waals surface area contributed by atoms with Gasteiger partial charge in [0.15, 0.2) is 11.5 Å². The second-order valence-corrected chi connectivity index (χ2v) is 6.87. The molecule has 1 aliphatic rings. The molecule has 7 heteroatoms. The fraction of sp³-hybridized carbons (Fsp3) is 0.364. The summed E-state index contributed by atoms with van der Waals surface area (Å²) in [7, 11) is 1.57. The smallest absolute Gasteiger partial charge is 0.262 e. The predicted octanol–water partition coefficient (Wildman–Crippen LogP) is 2.99. The van der Waals surface area contributed by atoms with Gasteiger partial charge < -0.3 is 14.8 Å². The summed E-state index contributed by atoms with van der Waals surface area (Å²) in [5.41, 5.74) is 3.65. The molecule has 7 nitrogen and oxygen atoms in total. The van der Waals surface area contributed by atoms with E-state index in [0.717, 1.165) is 31.2 Å². The van der Waals surface area contributed by atoms with Crippen molar-refractivity contribution in [3.8, 4) is 11.5 Å². The van der Waals surface area contributed by atoms with E-state index in [-0.39, 0.29) is 25.2 Å². The third kappa shape index (κ3) is 6.22. The number of rotatable bonds is 9. The molecule has 29 heavy (non-hydrogen) atoms. The van der Waals surface area contributed by atoms with Gasteiger partial charge in [0, 0.05) is 5.56 Å². The van der Waals surface area contributed by atoms with Crippen LogP contribution in [0.2, 0.25) is 0 Å². The van der Waals surface area contributed by atoms with Crippen LogP contribution >= 0.6 is 0 Å². The predicted molar refractivity (Wildman–Crippen MR) is 108 cm³/mol. The summed E-state index contributed by atoms with van der Waals surface area (Å²) in [6.07, 6.45) is 4.45. The highest BCUT2D eigenvalue weighted by Gasteiger charge is 2.19. The van der Waals surface area contributed by atoms with Crippen molar-refractivity contribution in [2.24, 2.45) is 0 Å². The van der Waals surface area contributed by atoms with Gasteiger partial charge >= 0.3 is 0 Å². The Labute approximate surface area is 170 Å².